The van der Waals surface area contributed by atoms with Crippen LogP contribution in [0.15, 0.2) is 427 Å². The van der Waals surface area contributed by atoms with Crippen LogP contribution in [-0.2, 0) is 16.2 Å². The second-order valence-corrected chi connectivity index (χ2v) is 37.6. The zero-order valence-corrected chi connectivity index (χ0v) is 75.7. The van der Waals surface area contributed by atoms with Gasteiger partial charge in [0.2, 0.25) is 35.3 Å². The Morgan fingerprint density at radius 3 is 0.825 bits per heavy atom. The fourth-order valence-corrected chi connectivity index (χ4v) is 21.0. The van der Waals surface area contributed by atoms with Gasteiger partial charge in [-0.25, -0.2) is 29.9 Å². The fourth-order valence-electron chi connectivity index (χ4n) is 21.0. The number of hydrogen-bond donors (Lipinski definition) is 0. The van der Waals surface area contributed by atoms with Gasteiger partial charge < -0.3 is 26.5 Å². The number of para-hydroxylation sites is 12. The lowest BCUT2D eigenvalue weighted by atomic mass is 9.81. The average Bonchev–Trinajstić information content (AvgIpc) is 1.59. The maximum Gasteiger partial charge on any atom is 0.227 e. The molecule has 6 heterocycles. The molecule has 25 aromatic rings. The SMILES string of the molecule is CC1(C)c2cc(-c3cc(-c4nc5ccccc5o4)cc(-c4nc5ccccc5o4)c3)ccc2-c2c1ccc1ccccc21.CC1(C)c2cc(-c3cc(-c4nc5ccccc5o4)cc(-c4nc5ccccc5o4)c3)ccc2-c2cc3ccccc3cc21.CC1(C)c2ccccc2-c2ccc(-c3cc(-c4ccc(-c5nc6ccccc6o5)cc4)cc(-c4ccc(-c5nc6ccccc6o5)cc4)c3)cc21. The van der Waals surface area contributed by atoms with Crippen molar-refractivity contribution in [1.29, 1.82) is 0 Å². The highest BCUT2D eigenvalue weighted by molar-refractivity contribution is 6.04. The van der Waals surface area contributed by atoms with Crippen LogP contribution in [0.1, 0.15) is 74.9 Å². The van der Waals surface area contributed by atoms with Crippen LogP contribution >= 0.6 is 0 Å². The third kappa shape index (κ3) is 13.8. The minimum atomic E-state index is -0.133. The molecule has 12 nitrogen and oxygen atoms in total. The zero-order chi connectivity index (χ0) is 91.5. The first-order valence-corrected chi connectivity index (χ1v) is 46.4. The molecule has 6 aromatic heterocycles. The highest BCUT2D eigenvalue weighted by atomic mass is 16.4. The first kappa shape index (κ1) is 80.4. The summed E-state index contributed by atoms with van der Waals surface area (Å²) in [6.07, 6.45) is 0. The molecular weight excluding hydrogens is 1680 g/mol. The van der Waals surface area contributed by atoms with E-state index in [1.165, 1.54) is 99.4 Å². The minimum absolute atomic E-state index is 0.0799. The predicted octanol–water partition coefficient (Wildman–Crippen LogP) is 33.5. The van der Waals surface area contributed by atoms with Crippen molar-refractivity contribution < 1.29 is 26.5 Å². The van der Waals surface area contributed by atoms with Crippen LogP contribution in [0.5, 0.6) is 0 Å². The quantitative estimate of drug-likeness (QED) is 0.121. The summed E-state index contributed by atoms with van der Waals surface area (Å²) in [4.78, 5) is 28.7. The highest BCUT2D eigenvalue weighted by Crippen LogP contribution is 2.56. The Labute approximate surface area is 788 Å². The number of benzene rings is 19. The van der Waals surface area contributed by atoms with E-state index in [1.54, 1.807) is 0 Å². The first-order valence-electron chi connectivity index (χ1n) is 46.4. The van der Waals surface area contributed by atoms with Gasteiger partial charge >= 0.3 is 0 Å². The van der Waals surface area contributed by atoms with Crippen molar-refractivity contribution in [3.63, 3.8) is 0 Å². The standard InChI is InChI=1S/C47H32N2O2.2C39H26N2O2/c1-47(2)39-10-4-3-9-37(39)38-24-23-33(28-40(38)47)36-26-34(29-15-19-31(20-16-29)45-48-41-11-5-7-13-43(41)50-45)25-35(27-36)30-17-21-32(22-18-30)46-49-42-12-6-8-14-44(42)51-46;1-39(2)30-18-16-23-9-3-4-10-28(23)36(30)29-17-15-24(22-31(29)39)25-19-26(37-40-32-11-5-7-13-34(32)42-37)21-27(20-25)38-41-33-12-6-8-14-35(33)43-38;1-39(2)31-22-25(15-16-29(31)30-20-23-9-3-4-10-24(23)21-32(30)39)26-17-27(37-40-33-11-5-7-13-35(33)42-37)19-28(18-26)38-41-34-12-6-8-14-36(34)43-38/h3-28H,1-2H3;2*3-22H,1-2H3. The van der Waals surface area contributed by atoms with E-state index in [4.69, 9.17) is 56.4 Å². The van der Waals surface area contributed by atoms with Gasteiger partial charge in [0.05, 0.1) is 0 Å². The van der Waals surface area contributed by atoms with Gasteiger partial charge in [-0.2, -0.15) is 0 Å². The van der Waals surface area contributed by atoms with E-state index in [9.17, 15) is 0 Å². The highest BCUT2D eigenvalue weighted by Gasteiger charge is 2.40. The summed E-state index contributed by atoms with van der Waals surface area (Å²) in [5.74, 6) is 3.53. The average molecular weight is 1770 g/mol. The molecule has 0 spiro atoms. The van der Waals surface area contributed by atoms with Gasteiger partial charge in [0.25, 0.3) is 0 Å². The number of hydrogen-bond acceptors (Lipinski definition) is 12. The summed E-state index contributed by atoms with van der Waals surface area (Å²) in [5.41, 5.74) is 42.0. The van der Waals surface area contributed by atoms with Crippen LogP contribution in [0.25, 0.3) is 246 Å². The van der Waals surface area contributed by atoms with E-state index < -0.39 is 0 Å². The molecule has 0 unspecified atom stereocenters. The van der Waals surface area contributed by atoms with E-state index >= 15 is 0 Å². The van der Waals surface area contributed by atoms with Gasteiger partial charge in [0.1, 0.15) is 33.1 Å². The molecule has 0 fully saturated rings. The predicted molar refractivity (Wildman–Crippen MR) is 552 cm³/mol. The lowest BCUT2D eigenvalue weighted by Crippen LogP contribution is -2.15. The summed E-state index contributed by atoms with van der Waals surface area (Å²) < 4.78 is 37.0. The molecule has 0 atom stereocenters. The maximum absolute atomic E-state index is 6.22. The van der Waals surface area contributed by atoms with Gasteiger partial charge in [-0.1, -0.05) is 260 Å². The molecule has 0 N–H and O–H groups in total. The van der Waals surface area contributed by atoms with Crippen LogP contribution in [0, 0.1) is 0 Å². The number of aromatic nitrogens is 6. The molecule has 19 aromatic carbocycles. The minimum Gasteiger partial charge on any atom is -0.436 e. The van der Waals surface area contributed by atoms with E-state index in [2.05, 4.69) is 296 Å². The molecular formula is C125H84N6O6. The van der Waals surface area contributed by atoms with Crippen LogP contribution in [0.4, 0.5) is 0 Å². The third-order valence-electron chi connectivity index (χ3n) is 28.2. The van der Waals surface area contributed by atoms with Gasteiger partial charge in [-0.05, 0) is 326 Å². The largest absolute Gasteiger partial charge is 0.436 e. The van der Waals surface area contributed by atoms with Gasteiger partial charge in [0.15, 0.2) is 33.5 Å². The van der Waals surface area contributed by atoms with Crippen molar-refractivity contribution in [3.05, 3.63) is 434 Å². The summed E-state index contributed by atoms with van der Waals surface area (Å²) >= 11 is 0. The fraction of sp³-hybridized carbons (Fsp3) is 0.0720. The summed E-state index contributed by atoms with van der Waals surface area (Å²) in [6.45, 7) is 14.0. The van der Waals surface area contributed by atoms with Gasteiger partial charge in [-0.3, -0.25) is 0 Å². The lowest BCUT2D eigenvalue weighted by molar-refractivity contribution is 0.616. The monoisotopic (exact) mass is 1760 g/mol. The summed E-state index contributed by atoms with van der Waals surface area (Å²) in [5, 5.41) is 5.11. The molecule has 0 saturated heterocycles. The topological polar surface area (TPSA) is 156 Å². The van der Waals surface area contributed by atoms with Crippen LogP contribution in [-0.4, -0.2) is 29.9 Å². The summed E-state index contributed by atoms with van der Waals surface area (Å²) in [6, 6.07) is 140. The Kier molecular flexibility index (Phi) is 18.4. The van der Waals surface area contributed by atoms with Crippen molar-refractivity contribution in [2.45, 2.75) is 57.8 Å². The van der Waals surface area contributed by atoms with Crippen molar-refractivity contribution in [2.75, 3.05) is 0 Å². The Morgan fingerprint density at radius 2 is 0.423 bits per heavy atom. The van der Waals surface area contributed by atoms with Crippen LogP contribution in [0.3, 0.4) is 0 Å². The smallest absolute Gasteiger partial charge is 0.227 e. The van der Waals surface area contributed by atoms with Crippen molar-refractivity contribution in [1.82, 2.24) is 29.9 Å². The Morgan fingerprint density at radius 1 is 0.161 bits per heavy atom. The number of nitrogens with zero attached hydrogens (tertiary/aromatic N) is 6. The van der Waals surface area contributed by atoms with Gasteiger partial charge in [-0.15, -0.1) is 0 Å². The normalized spacial score (nSPS) is 13.4. The molecule has 137 heavy (non-hydrogen) atoms. The maximum atomic E-state index is 6.22. The second kappa shape index (κ2) is 31.3. The molecule has 650 valence electrons. The number of fused-ring (bicyclic) bond motifs is 18. The van der Waals surface area contributed by atoms with E-state index in [-0.39, 0.29) is 16.2 Å². The zero-order valence-electron chi connectivity index (χ0n) is 75.7. The van der Waals surface area contributed by atoms with Crippen LogP contribution in [0.2, 0.25) is 0 Å². The number of oxazole rings is 6. The van der Waals surface area contributed by atoms with Crippen molar-refractivity contribution in [2.24, 2.45) is 0 Å². The van der Waals surface area contributed by atoms with Crippen LogP contribution < -0.4 is 0 Å². The van der Waals surface area contributed by atoms with E-state index in [1.807, 2.05) is 146 Å². The molecule has 12 heteroatoms. The molecule has 0 saturated carbocycles. The molecule has 28 rings (SSSR count). The Hall–Kier alpha value is -17.5. The summed E-state index contributed by atoms with van der Waals surface area (Å²) in [7, 11) is 0. The number of rotatable bonds is 11. The molecule has 3 aliphatic carbocycles. The van der Waals surface area contributed by atoms with Crippen molar-refractivity contribution in [3.8, 4) is 158 Å². The van der Waals surface area contributed by atoms with E-state index in [0.717, 1.165) is 144 Å². The molecule has 0 amide bonds. The van der Waals surface area contributed by atoms with E-state index in [0.29, 0.717) is 35.3 Å². The molecule has 0 radical (unpaired) electrons. The lowest BCUT2D eigenvalue weighted by Gasteiger charge is -2.22. The first-order chi connectivity index (χ1) is 67.0. The van der Waals surface area contributed by atoms with Gasteiger partial charge in [0, 0.05) is 49.6 Å². The van der Waals surface area contributed by atoms with Crippen molar-refractivity contribution >= 4 is 88.1 Å². The molecule has 0 aliphatic heterocycles. The Bertz CT molecular complexity index is 8700. The molecule has 0 bridgehead atoms. The Balaban J connectivity index is 0.000000107. The second-order valence-electron chi connectivity index (χ2n) is 37.6. The molecule has 3 aliphatic rings. The third-order valence-corrected chi connectivity index (χ3v) is 28.2.